The largest absolute Gasteiger partial charge is 0.352 e. The molecule has 5 nitrogen and oxygen atoms in total. The third kappa shape index (κ3) is 4.86. The molecule has 0 radical (unpaired) electrons. The highest BCUT2D eigenvalue weighted by molar-refractivity contribution is 5.97. The van der Waals surface area contributed by atoms with E-state index in [9.17, 15) is 9.59 Å². The van der Waals surface area contributed by atoms with Gasteiger partial charge in [-0.15, -0.1) is 0 Å². The Morgan fingerprint density at radius 2 is 2.00 bits per heavy atom. The third-order valence-corrected chi connectivity index (χ3v) is 3.65. The molecule has 2 rings (SSSR count). The van der Waals surface area contributed by atoms with Crippen molar-refractivity contribution in [2.24, 2.45) is 0 Å². The first kappa shape index (κ1) is 15.5. The lowest BCUT2D eigenvalue weighted by Crippen LogP contribution is -2.34. The number of rotatable bonds is 6. The summed E-state index contributed by atoms with van der Waals surface area (Å²) in [4.78, 5) is 23.6. The van der Waals surface area contributed by atoms with Gasteiger partial charge in [0.2, 0.25) is 5.91 Å². The molecule has 21 heavy (non-hydrogen) atoms. The number of benzene rings is 1. The van der Waals surface area contributed by atoms with Crippen LogP contribution in [0.5, 0.6) is 0 Å². The topological polar surface area (TPSA) is 70.2 Å². The fourth-order valence-electron chi connectivity index (χ4n) is 2.57. The first-order valence-corrected chi connectivity index (χ1v) is 7.60. The van der Waals surface area contributed by atoms with Crippen molar-refractivity contribution in [3.63, 3.8) is 0 Å². The number of carbonyl (C=O) groups excluding carboxylic acids is 2. The SMILES string of the molecule is CCNC(=O)c1cccc(NC(=O)CNC2CCCC2)c1. The standard InChI is InChI=1S/C16H23N3O2/c1-2-17-16(21)12-6-5-9-14(10-12)19-15(20)11-18-13-7-3-4-8-13/h5-6,9-10,13,18H,2-4,7-8,11H2,1H3,(H,17,21)(H,19,20). The molecule has 0 heterocycles. The van der Waals surface area contributed by atoms with Crippen LogP contribution >= 0.6 is 0 Å². The minimum absolute atomic E-state index is 0.0741. The molecule has 1 aromatic rings. The Bertz CT molecular complexity index is 496. The van der Waals surface area contributed by atoms with Gasteiger partial charge in [0.25, 0.3) is 5.91 Å². The average Bonchev–Trinajstić information content (AvgIpc) is 2.99. The monoisotopic (exact) mass is 289 g/mol. The minimum Gasteiger partial charge on any atom is -0.352 e. The first-order chi connectivity index (χ1) is 10.2. The molecule has 2 amide bonds. The van der Waals surface area contributed by atoms with Crippen LogP contribution in [0.25, 0.3) is 0 Å². The van der Waals surface area contributed by atoms with Crippen molar-refractivity contribution in [1.29, 1.82) is 0 Å². The highest BCUT2D eigenvalue weighted by Gasteiger charge is 2.15. The van der Waals surface area contributed by atoms with Gasteiger partial charge >= 0.3 is 0 Å². The Morgan fingerprint density at radius 3 is 2.71 bits per heavy atom. The molecule has 1 fully saturated rings. The quantitative estimate of drug-likeness (QED) is 0.749. The molecule has 0 aromatic heterocycles. The second-order valence-electron chi connectivity index (χ2n) is 5.35. The van der Waals surface area contributed by atoms with Crippen LogP contribution in [0.4, 0.5) is 5.69 Å². The van der Waals surface area contributed by atoms with Gasteiger partial charge in [-0.05, 0) is 38.0 Å². The van der Waals surface area contributed by atoms with E-state index in [1.807, 2.05) is 6.92 Å². The maximum atomic E-state index is 11.9. The van der Waals surface area contributed by atoms with Crippen LogP contribution in [0.3, 0.4) is 0 Å². The van der Waals surface area contributed by atoms with Crippen molar-refractivity contribution < 1.29 is 9.59 Å². The minimum atomic E-state index is -0.127. The van der Waals surface area contributed by atoms with Gasteiger partial charge in [-0.25, -0.2) is 0 Å². The predicted molar refractivity (Wildman–Crippen MR) is 83.3 cm³/mol. The summed E-state index contributed by atoms with van der Waals surface area (Å²) in [5, 5.41) is 8.83. The van der Waals surface area contributed by atoms with E-state index >= 15 is 0 Å². The molecular weight excluding hydrogens is 266 g/mol. The van der Waals surface area contributed by atoms with Crippen molar-refractivity contribution in [3.05, 3.63) is 29.8 Å². The first-order valence-electron chi connectivity index (χ1n) is 7.60. The van der Waals surface area contributed by atoms with E-state index in [1.165, 1.54) is 12.8 Å². The van der Waals surface area contributed by atoms with Crippen molar-refractivity contribution in [3.8, 4) is 0 Å². The number of amides is 2. The molecular formula is C16H23N3O2. The molecule has 1 aliphatic rings. The lowest BCUT2D eigenvalue weighted by Gasteiger charge is -2.12. The van der Waals surface area contributed by atoms with Gasteiger partial charge in [-0.1, -0.05) is 18.9 Å². The molecule has 5 heteroatoms. The van der Waals surface area contributed by atoms with Gasteiger partial charge in [0.1, 0.15) is 0 Å². The Morgan fingerprint density at radius 1 is 1.24 bits per heavy atom. The van der Waals surface area contributed by atoms with E-state index in [0.29, 0.717) is 30.4 Å². The molecule has 114 valence electrons. The van der Waals surface area contributed by atoms with Crippen LogP contribution in [-0.2, 0) is 4.79 Å². The van der Waals surface area contributed by atoms with E-state index in [0.717, 1.165) is 12.8 Å². The smallest absolute Gasteiger partial charge is 0.251 e. The Balaban J connectivity index is 1.85. The van der Waals surface area contributed by atoms with Crippen LogP contribution in [0.2, 0.25) is 0 Å². The zero-order valence-electron chi connectivity index (χ0n) is 12.4. The molecule has 1 saturated carbocycles. The van der Waals surface area contributed by atoms with Gasteiger partial charge in [-0.2, -0.15) is 0 Å². The Kier molecular flexibility index (Phi) is 5.75. The second-order valence-corrected chi connectivity index (χ2v) is 5.35. The van der Waals surface area contributed by atoms with Crippen LogP contribution in [-0.4, -0.2) is 30.9 Å². The summed E-state index contributed by atoms with van der Waals surface area (Å²) in [5.41, 5.74) is 1.20. The fourth-order valence-corrected chi connectivity index (χ4v) is 2.57. The van der Waals surface area contributed by atoms with Crippen LogP contribution in [0, 0.1) is 0 Å². The zero-order valence-corrected chi connectivity index (χ0v) is 12.4. The van der Waals surface area contributed by atoms with Crippen LogP contribution in [0.15, 0.2) is 24.3 Å². The lowest BCUT2D eigenvalue weighted by atomic mass is 10.2. The molecule has 0 bridgehead atoms. The van der Waals surface area contributed by atoms with Gasteiger partial charge in [-0.3, -0.25) is 9.59 Å². The maximum absolute atomic E-state index is 11.9. The number of anilines is 1. The summed E-state index contributed by atoms with van der Waals surface area (Å²) in [5.74, 6) is -0.201. The molecule has 0 spiro atoms. The molecule has 0 aliphatic heterocycles. The summed E-state index contributed by atoms with van der Waals surface area (Å²) < 4.78 is 0. The average molecular weight is 289 g/mol. The second kappa shape index (κ2) is 7.78. The van der Waals surface area contributed by atoms with E-state index in [4.69, 9.17) is 0 Å². The predicted octanol–water partition coefficient (Wildman–Crippen LogP) is 1.91. The van der Waals surface area contributed by atoms with E-state index < -0.39 is 0 Å². The highest BCUT2D eigenvalue weighted by Crippen LogP contribution is 2.17. The maximum Gasteiger partial charge on any atom is 0.251 e. The van der Waals surface area contributed by atoms with E-state index in [1.54, 1.807) is 24.3 Å². The molecule has 1 aromatic carbocycles. The summed E-state index contributed by atoms with van der Waals surface area (Å²) in [6, 6.07) is 7.45. The van der Waals surface area contributed by atoms with Crippen molar-refractivity contribution in [2.75, 3.05) is 18.4 Å². The van der Waals surface area contributed by atoms with Gasteiger partial charge in [0, 0.05) is 23.8 Å². The molecule has 3 N–H and O–H groups in total. The van der Waals surface area contributed by atoms with Gasteiger partial charge in [0.05, 0.1) is 6.54 Å². The summed E-state index contributed by atoms with van der Waals surface area (Å²) >= 11 is 0. The summed E-state index contributed by atoms with van der Waals surface area (Å²) in [7, 11) is 0. The molecule has 0 saturated heterocycles. The Labute approximate surface area is 125 Å². The fraction of sp³-hybridized carbons (Fsp3) is 0.500. The number of carbonyl (C=O) groups is 2. The van der Waals surface area contributed by atoms with Crippen molar-refractivity contribution >= 4 is 17.5 Å². The van der Waals surface area contributed by atoms with Crippen molar-refractivity contribution in [1.82, 2.24) is 10.6 Å². The van der Waals surface area contributed by atoms with Gasteiger partial charge in [0.15, 0.2) is 0 Å². The molecule has 0 unspecified atom stereocenters. The van der Waals surface area contributed by atoms with Crippen molar-refractivity contribution in [2.45, 2.75) is 38.6 Å². The third-order valence-electron chi connectivity index (χ3n) is 3.65. The summed E-state index contributed by atoms with van der Waals surface area (Å²) in [6.45, 7) is 2.77. The number of hydrogen-bond acceptors (Lipinski definition) is 3. The number of nitrogens with one attached hydrogen (secondary N) is 3. The normalized spacial score (nSPS) is 14.9. The van der Waals surface area contributed by atoms with Gasteiger partial charge < -0.3 is 16.0 Å². The number of hydrogen-bond donors (Lipinski definition) is 3. The molecule has 1 aliphatic carbocycles. The van der Waals surface area contributed by atoms with Crippen LogP contribution < -0.4 is 16.0 Å². The lowest BCUT2D eigenvalue weighted by molar-refractivity contribution is -0.115. The zero-order chi connectivity index (χ0) is 15.1. The van der Waals surface area contributed by atoms with E-state index in [2.05, 4.69) is 16.0 Å². The summed E-state index contributed by atoms with van der Waals surface area (Å²) in [6.07, 6.45) is 4.79. The Hall–Kier alpha value is -1.88. The van der Waals surface area contributed by atoms with Crippen LogP contribution in [0.1, 0.15) is 43.0 Å². The highest BCUT2D eigenvalue weighted by atomic mass is 16.2. The van der Waals surface area contributed by atoms with E-state index in [-0.39, 0.29) is 11.8 Å². The molecule has 0 atom stereocenters.